The lowest BCUT2D eigenvalue weighted by Gasteiger charge is -2.10. The number of hydrogen-bond acceptors (Lipinski definition) is 6. The minimum absolute atomic E-state index is 0.527. The van der Waals surface area contributed by atoms with Crippen molar-refractivity contribution in [2.45, 2.75) is 18.9 Å². The second-order valence-corrected chi connectivity index (χ2v) is 5.50. The topological polar surface area (TPSA) is 74.1 Å². The van der Waals surface area contributed by atoms with Crippen molar-refractivity contribution in [3.05, 3.63) is 30.9 Å². The Morgan fingerprint density at radius 2 is 1.78 bits per heavy atom. The van der Waals surface area contributed by atoms with Gasteiger partial charge >= 0.3 is 0 Å². The number of fused-ring (bicyclic) bond motifs is 1. The normalized spacial score (nSPS) is 14.0. The van der Waals surface area contributed by atoms with Gasteiger partial charge in [-0.3, -0.25) is 0 Å². The minimum atomic E-state index is 0.527. The number of benzene rings is 1. The van der Waals surface area contributed by atoms with Crippen molar-refractivity contribution >= 4 is 22.7 Å². The fourth-order valence-electron chi connectivity index (χ4n) is 2.58. The first-order valence-corrected chi connectivity index (χ1v) is 7.46. The maximum Gasteiger partial charge on any atom is 0.165 e. The largest absolute Gasteiger partial charge is 0.497 e. The molecule has 3 aromatic rings. The van der Waals surface area contributed by atoms with Crippen LogP contribution in [-0.4, -0.2) is 33.7 Å². The van der Waals surface area contributed by atoms with Crippen LogP contribution in [0, 0.1) is 0 Å². The Morgan fingerprint density at radius 1 is 1.04 bits per heavy atom. The van der Waals surface area contributed by atoms with Gasteiger partial charge in [-0.15, -0.1) is 0 Å². The zero-order chi connectivity index (χ0) is 15.8. The molecule has 1 aliphatic carbocycles. The van der Waals surface area contributed by atoms with Crippen LogP contribution in [0.5, 0.6) is 11.5 Å². The van der Waals surface area contributed by atoms with Gasteiger partial charge in [0.05, 0.1) is 20.5 Å². The number of imidazole rings is 1. The first kappa shape index (κ1) is 13.8. The van der Waals surface area contributed by atoms with Crippen LogP contribution in [0.15, 0.2) is 30.9 Å². The van der Waals surface area contributed by atoms with E-state index in [9.17, 15) is 0 Å². The van der Waals surface area contributed by atoms with E-state index in [1.165, 1.54) is 12.8 Å². The van der Waals surface area contributed by atoms with Crippen LogP contribution in [0.25, 0.3) is 11.2 Å². The first-order chi connectivity index (χ1) is 11.3. The maximum atomic E-state index is 5.29. The van der Waals surface area contributed by atoms with Crippen LogP contribution in [0.1, 0.15) is 18.9 Å². The molecular formula is C16H17N5O2. The average molecular weight is 311 g/mol. The Hall–Kier alpha value is -2.83. The van der Waals surface area contributed by atoms with E-state index >= 15 is 0 Å². The molecule has 0 atom stereocenters. The van der Waals surface area contributed by atoms with E-state index in [0.29, 0.717) is 23.4 Å². The summed E-state index contributed by atoms with van der Waals surface area (Å²) >= 11 is 0. The van der Waals surface area contributed by atoms with Crippen LogP contribution in [0.2, 0.25) is 0 Å². The molecule has 2 heterocycles. The number of anilines is 2. The smallest absolute Gasteiger partial charge is 0.165 e. The molecule has 0 bridgehead atoms. The molecule has 1 saturated carbocycles. The third-order valence-electron chi connectivity index (χ3n) is 3.91. The number of aromatic nitrogens is 4. The molecule has 0 spiro atoms. The Morgan fingerprint density at radius 3 is 2.43 bits per heavy atom. The lowest BCUT2D eigenvalue weighted by atomic mass is 10.2. The summed E-state index contributed by atoms with van der Waals surface area (Å²) in [5, 5.41) is 3.28. The number of nitrogens with zero attached hydrogens (tertiary/aromatic N) is 4. The number of rotatable bonds is 5. The van der Waals surface area contributed by atoms with Gasteiger partial charge in [-0.25, -0.2) is 15.0 Å². The average Bonchev–Trinajstić information content (AvgIpc) is 3.33. The summed E-state index contributed by atoms with van der Waals surface area (Å²) in [4.78, 5) is 13.2. The van der Waals surface area contributed by atoms with Gasteiger partial charge in [-0.2, -0.15) is 0 Å². The Labute approximate surface area is 133 Å². The summed E-state index contributed by atoms with van der Waals surface area (Å²) in [6.07, 6.45) is 5.77. The molecule has 7 nitrogen and oxygen atoms in total. The van der Waals surface area contributed by atoms with Crippen molar-refractivity contribution in [3.8, 4) is 11.5 Å². The van der Waals surface area contributed by atoms with E-state index in [1.54, 1.807) is 20.5 Å². The van der Waals surface area contributed by atoms with Crippen LogP contribution < -0.4 is 14.8 Å². The van der Waals surface area contributed by atoms with Gasteiger partial charge in [0.15, 0.2) is 17.0 Å². The third kappa shape index (κ3) is 2.54. The van der Waals surface area contributed by atoms with Crippen molar-refractivity contribution in [2.24, 2.45) is 0 Å². The van der Waals surface area contributed by atoms with E-state index in [0.717, 1.165) is 16.9 Å². The summed E-state index contributed by atoms with van der Waals surface area (Å²) in [6, 6.07) is 6.12. The standard InChI is InChI=1S/C16H17N5O2/c1-22-12-5-10(6-13(7-12)23-2)20-15-14-16(18-8-17-15)21(9-19-14)11-3-4-11/h5-9,11H,3-4H2,1-2H3,(H,17,18,20). The highest BCUT2D eigenvalue weighted by molar-refractivity contribution is 5.85. The van der Waals surface area contributed by atoms with Gasteiger partial charge in [0.1, 0.15) is 17.8 Å². The number of methoxy groups -OCH3 is 2. The van der Waals surface area contributed by atoms with Crippen LogP contribution >= 0.6 is 0 Å². The second-order valence-electron chi connectivity index (χ2n) is 5.50. The number of hydrogen-bond donors (Lipinski definition) is 1. The highest BCUT2D eigenvalue weighted by Crippen LogP contribution is 2.37. The predicted molar refractivity (Wildman–Crippen MR) is 86.4 cm³/mol. The summed E-state index contributed by atoms with van der Waals surface area (Å²) in [7, 11) is 3.25. The molecule has 0 aliphatic heterocycles. The lowest BCUT2D eigenvalue weighted by Crippen LogP contribution is -1.99. The molecule has 1 aliphatic rings. The summed E-state index contributed by atoms with van der Waals surface area (Å²) in [5.74, 6) is 2.09. The lowest BCUT2D eigenvalue weighted by molar-refractivity contribution is 0.395. The molecule has 0 amide bonds. The van der Waals surface area contributed by atoms with E-state index in [1.807, 2.05) is 24.5 Å². The number of nitrogens with one attached hydrogen (secondary N) is 1. The Bertz CT molecular complexity index is 835. The van der Waals surface area contributed by atoms with Crippen molar-refractivity contribution in [1.29, 1.82) is 0 Å². The molecule has 4 rings (SSSR count). The highest BCUT2D eigenvalue weighted by Gasteiger charge is 2.26. The molecule has 7 heteroatoms. The summed E-state index contributed by atoms with van der Waals surface area (Å²) < 4.78 is 12.7. The fraction of sp³-hybridized carbons (Fsp3) is 0.312. The van der Waals surface area contributed by atoms with Crippen molar-refractivity contribution in [2.75, 3.05) is 19.5 Å². The first-order valence-electron chi connectivity index (χ1n) is 7.46. The number of ether oxygens (including phenoxy) is 2. The van der Waals surface area contributed by atoms with Gasteiger partial charge in [0.25, 0.3) is 0 Å². The molecule has 1 fully saturated rings. The van der Waals surface area contributed by atoms with Gasteiger partial charge in [-0.05, 0) is 12.8 Å². The third-order valence-corrected chi connectivity index (χ3v) is 3.91. The van der Waals surface area contributed by atoms with E-state index in [-0.39, 0.29) is 0 Å². The van der Waals surface area contributed by atoms with Crippen molar-refractivity contribution < 1.29 is 9.47 Å². The second kappa shape index (κ2) is 5.42. The van der Waals surface area contributed by atoms with Crippen molar-refractivity contribution in [3.63, 3.8) is 0 Å². The fourth-order valence-corrected chi connectivity index (χ4v) is 2.58. The zero-order valence-electron chi connectivity index (χ0n) is 13.0. The Balaban J connectivity index is 1.72. The van der Waals surface area contributed by atoms with Crippen molar-refractivity contribution in [1.82, 2.24) is 19.5 Å². The molecule has 1 aromatic carbocycles. The molecule has 0 unspecified atom stereocenters. The molecule has 1 N–H and O–H groups in total. The van der Waals surface area contributed by atoms with Gasteiger partial charge in [0, 0.05) is 29.9 Å². The minimum Gasteiger partial charge on any atom is -0.497 e. The van der Waals surface area contributed by atoms with E-state index in [2.05, 4.69) is 24.8 Å². The van der Waals surface area contributed by atoms with Gasteiger partial charge in [-0.1, -0.05) is 0 Å². The molecule has 118 valence electrons. The van der Waals surface area contributed by atoms with Crippen LogP contribution in [0.3, 0.4) is 0 Å². The molecular weight excluding hydrogens is 294 g/mol. The SMILES string of the molecule is COc1cc(Nc2ncnc3c2ncn3C2CC2)cc(OC)c1. The zero-order valence-corrected chi connectivity index (χ0v) is 13.0. The van der Waals surface area contributed by atoms with Gasteiger partial charge in [0.2, 0.25) is 0 Å². The van der Waals surface area contributed by atoms with Gasteiger partial charge < -0.3 is 19.4 Å². The summed E-state index contributed by atoms with van der Waals surface area (Å²) in [6.45, 7) is 0. The molecule has 0 saturated heterocycles. The Kier molecular flexibility index (Phi) is 3.25. The van der Waals surface area contributed by atoms with E-state index < -0.39 is 0 Å². The van der Waals surface area contributed by atoms with E-state index in [4.69, 9.17) is 9.47 Å². The molecule has 2 aromatic heterocycles. The predicted octanol–water partition coefficient (Wildman–Crippen LogP) is 2.92. The summed E-state index contributed by atoms with van der Waals surface area (Å²) in [5.41, 5.74) is 2.45. The monoisotopic (exact) mass is 311 g/mol. The molecule has 23 heavy (non-hydrogen) atoms. The molecule has 0 radical (unpaired) electrons. The van der Waals surface area contributed by atoms with Crippen LogP contribution in [0.4, 0.5) is 11.5 Å². The van der Waals surface area contributed by atoms with Crippen LogP contribution in [-0.2, 0) is 0 Å². The highest BCUT2D eigenvalue weighted by atomic mass is 16.5. The quantitative estimate of drug-likeness (QED) is 0.781. The maximum absolute atomic E-state index is 5.29.